The molecule has 0 fully saturated rings. The highest BCUT2D eigenvalue weighted by Gasteiger charge is 2.39. The summed E-state index contributed by atoms with van der Waals surface area (Å²) in [5.74, 6) is -0.198. The minimum Gasteiger partial charge on any atom is -0.494 e. The summed E-state index contributed by atoms with van der Waals surface area (Å²) in [5, 5.41) is 5.54. The first-order chi connectivity index (χ1) is 19.9. The standard InChI is InChI=1S/C32H26ClN3O5/c1-2-40-26-18-14-25(15-19-26)36-31(38)28(33)29(32(36)39)34-23-10-8-22(9-11-23)30(37)35-24-12-16-27(17-13-24)41-20-21-6-4-3-5-7-21/h3-19,34H,2,20H2,1H3,(H,35,37). The number of nitrogens with one attached hydrogen (secondary N) is 2. The highest BCUT2D eigenvalue weighted by Crippen LogP contribution is 2.31. The van der Waals surface area contributed by atoms with Crippen LogP contribution in [0.4, 0.5) is 17.1 Å². The van der Waals surface area contributed by atoms with E-state index >= 15 is 0 Å². The summed E-state index contributed by atoms with van der Waals surface area (Å²) >= 11 is 6.24. The van der Waals surface area contributed by atoms with E-state index in [2.05, 4.69) is 10.6 Å². The Bertz CT molecular complexity index is 1590. The maximum atomic E-state index is 13.1. The molecule has 4 aromatic rings. The van der Waals surface area contributed by atoms with Crippen LogP contribution < -0.4 is 25.0 Å². The number of amides is 3. The van der Waals surface area contributed by atoms with Gasteiger partial charge in [-0.25, -0.2) is 4.90 Å². The Balaban J connectivity index is 1.18. The summed E-state index contributed by atoms with van der Waals surface area (Å²) in [6.45, 7) is 2.82. The van der Waals surface area contributed by atoms with Crippen LogP contribution in [0.3, 0.4) is 0 Å². The second-order valence-corrected chi connectivity index (χ2v) is 9.39. The van der Waals surface area contributed by atoms with Crippen molar-refractivity contribution < 1.29 is 23.9 Å². The molecule has 5 rings (SSSR count). The topological polar surface area (TPSA) is 97.0 Å². The zero-order valence-electron chi connectivity index (χ0n) is 22.1. The van der Waals surface area contributed by atoms with Crippen molar-refractivity contribution >= 4 is 46.4 Å². The predicted octanol–water partition coefficient (Wildman–Crippen LogP) is 6.35. The Morgan fingerprint density at radius 2 is 1.37 bits per heavy atom. The van der Waals surface area contributed by atoms with Gasteiger partial charge in [-0.05, 0) is 85.3 Å². The van der Waals surface area contributed by atoms with Crippen molar-refractivity contribution in [2.24, 2.45) is 0 Å². The number of nitrogens with zero attached hydrogens (tertiary/aromatic N) is 1. The van der Waals surface area contributed by atoms with E-state index in [9.17, 15) is 14.4 Å². The quantitative estimate of drug-likeness (QED) is 0.217. The van der Waals surface area contributed by atoms with Crippen molar-refractivity contribution in [1.29, 1.82) is 0 Å². The smallest absolute Gasteiger partial charge is 0.283 e. The molecule has 0 unspecified atom stereocenters. The monoisotopic (exact) mass is 567 g/mol. The average Bonchev–Trinajstić information content (AvgIpc) is 3.21. The Hall–Kier alpha value is -5.08. The number of ether oxygens (including phenoxy) is 2. The van der Waals surface area contributed by atoms with Gasteiger partial charge in [0.15, 0.2) is 0 Å². The number of hydrogen-bond acceptors (Lipinski definition) is 6. The van der Waals surface area contributed by atoms with Crippen LogP contribution in [-0.2, 0) is 16.2 Å². The molecule has 41 heavy (non-hydrogen) atoms. The lowest BCUT2D eigenvalue weighted by molar-refractivity contribution is -0.120. The van der Waals surface area contributed by atoms with Crippen molar-refractivity contribution in [3.63, 3.8) is 0 Å². The molecule has 2 N–H and O–H groups in total. The van der Waals surface area contributed by atoms with Crippen molar-refractivity contribution in [2.75, 3.05) is 22.1 Å². The first kappa shape index (κ1) is 27.5. The predicted molar refractivity (Wildman–Crippen MR) is 158 cm³/mol. The summed E-state index contributed by atoms with van der Waals surface area (Å²) in [6, 6.07) is 30.0. The summed E-state index contributed by atoms with van der Waals surface area (Å²) in [6.07, 6.45) is 0. The van der Waals surface area contributed by atoms with Gasteiger partial charge in [-0.2, -0.15) is 0 Å². The number of rotatable bonds is 10. The van der Waals surface area contributed by atoms with Gasteiger partial charge in [0.1, 0.15) is 28.8 Å². The number of carbonyl (C=O) groups is 3. The van der Waals surface area contributed by atoms with Crippen molar-refractivity contribution in [2.45, 2.75) is 13.5 Å². The van der Waals surface area contributed by atoms with Gasteiger partial charge < -0.3 is 20.1 Å². The van der Waals surface area contributed by atoms with Crippen LogP contribution in [0.1, 0.15) is 22.8 Å². The third-order valence-corrected chi connectivity index (χ3v) is 6.56. The molecule has 9 heteroatoms. The third-order valence-electron chi connectivity index (χ3n) is 6.21. The molecule has 1 heterocycles. The minimum atomic E-state index is -0.629. The van der Waals surface area contributed by atoms with Gasteiger partial charge in [-0.1, -0.05) is 41.9 Å². The molecule has 1 aliphatic heterocycles. The summed E-state index contributed by atoms with van der Waals surface area (Å²) in [7, 11) is 0. The van der Waals surface area contributed by atoms with Crippen molar-refractivity contribution in [3.8, 4) is 11.5 Å². The van der Waals surface area contributed by atoms with Crippen LogP contribution in [0.2, 0.25) is 0 Å². The van der Waals surface area contributed by atoms with Crippen LogP contribution in [0.25, 0.3) is 0 Å². The lowest BCUT2D eigenvalue weighted by Gasteiger charge is -2.15. The van der Waals surface area contributed by atoms with E-state index < -0.39 is 11.8 Å². The van der Waals surface area contributed by atoms with Crippen LogP contribution in [0.15, 0.2) is 114 Å². The van der Waals surface area contributed by atoms with E-state index in [0.29, 0.717) is 47.3 Å². The molecular formula is C32H26ClN3O5. The maximum Gasteiger partial charge on any atom is 0.283 e. The Morgan fingerprint density at radius 1 is 0.756 bits per heavy atom. The molecule has 0 saturated carbocycles. The Kier molecular flexibility index (Phi) is 8.31. The zero-order chi connectivity index (χ0) is 28.8. The average molecular weight is 568 g/mol. The molecule has 0 atom stereocenters. The number of imide groups is 1. The molecule has 1 aliphatic rings. The van der Waals surface area contributed by atoms with Crippen LogP contribution in [-0.4, -0.2) is 24.3 Å². The van der Waals surface area contributed by atoms with Gasteiger partial charge in [-0.3, -0.25) is 14.4 Å². The van der Waals surface area contributed by atoms with E-state index in [1.807, 2.05) is 37.3 Å². The molecule has 8 nitrogen and oxygen atoms in total. The molecule has 0 bridgehead atoms. The van der Waals surface area contributed by atoms with Crippen molar-refractivity contribution in [1.82, 2.24) is 0 Å². The first-order valence-electron chi connectivity index (χ1n) is 12.9. The molecule has 206 valence electrons. The van der Waals surface area contributed by atoms with Gasteiger partial charge in [0, 0.05) is 16.9 Å². The van der Waals surface area contributed by atoms with Crippen molar-refractivity contribution in [3.05, 3.63) is 125 Å². The number of benzene rings is 4. The van der Waals surface area contributed by atoms with Crippen LogP contribution in [0, 0.1) is 0 Å². The Morgan fingerprint density at radius 3 is 2.02 bits per heavy atom. The lowest BCUT2D eigenvalue weighted by Crippen LogP contribution is -2.32. The van der Waals surface area contributed by atoms with E-state index in [0.717, 1.165) is 10.5 Å². The fourth-order valence-electron chi connectivity index (χ4n) is 4.13. The maximum absolute atomic E-state index is 13.1. The molecule has 0 aromatic heterocycles. The summed E-state index contributed by atoms with van der Waals surface area (Å²) in [4.78, 5) is 39.6. The number of carbonyl (C=O) groups excluding carboxylic acids is 3. The molecule has 4 aromatic carbocycles. The zero-order valence-corrected chi connectivity index (χ0v) is 22.9. The van der Waals surface area contributed by atoms with Gasteiger partial charge in [0.25, 0.3) is 17.7 Å². The molecule has 3 amide bonds. The summed E-state index contributed by atoms with van der Waals surface area (Å²) in [5.41, 5.74) is 2.91. The van der Waals surface area contributed by atoms with Crippen LogP contribution >= 0.6 is 11.6 Å². The first-order valence-corrected chi connectivity index (χ1v) is 13.3. The van der Waals surface area contributed by atoms with Gasteiger partial charge in [0.05, 0.1) is 12.3 Å². The third kappa shape index (κ3) is 6.40. The minimum absolute atomic E-state index is 0.0441. The number of hydrogen-bond donors (Lipinski definition) is 2. The fourth-order valence-corrected chi connectivity index (χ4v) is 4.34. The fraction of sp³-hybridized carbons (Fsp3) is 0.0938. The van der Waals surface area contributed by atoms with E-state index in [1.165, 1.54) is 0 Å². The summed E-state index contributed by atoms with van der Waals surface area (Å²) < 4.78 is 11.2. The van der Waals surface area contributed by atoms with Crippen LogP contribution in [0.5, 0.6) is 11.5 Å². The van der Waals surface area contributed by atoms with Gasteiger partial charge in [-0.15, -0.1) is 0 Å². The normalized spacial score (nSPS) is 12.9. The van der Waals surface area contributed by atoms with Gasteiger partial charge in [0.2, 0.25) is 0 Å². The number of halogens is 1. The molecular weight excluding hydrogens is 542 g/mol. The molecule has 0 spiro atoms. The largest absolute Gasteiger partial charge is 0.494 e. The second kappa shape index (κ2) is 12.4. The lowest BCUT2D eigenvalue weighted by atomic mass is 10.2. The molecule has 0 saturated heterocycles. The van der Waals surface area contributed by atoms with E-state index in [4.69, 9.17) is 21.1 Å². The van der Waals surface area contributed by atoms with E-state index in [1.54, 1.807) is 72.8 Å². The Labute approximate surface area is 242 Å². The SMILES string of the molecule is CCOc1ccc(N2C(=O)C(Cl)=C(Nc3ccc(C(=O)Nc4ccc(OCc5ccccc5)cc4)cc3)C2=O)cc1. The van der Waals surface area contributed by atoms with E-state index in [-0.39, 0.29) is 16.6 Å². The second-order valence-electron chi connectivity index (χ2n) is 9.02. The molecule has 0 aliphatic carbocycles. The van der Waals surface area contributed by atoms with Gasteiger partial charge >= 0.3 is 0 Å². The number of anilines is 3. The molecule has 0 radical (unpaired) electrons. The highest BCUT2D eigenvalue weighted by atomic mass is 35.5. The highest BCUT2D eigenvalue weighted by molar-refractivity contribution is 6.53.